The number of aromatic nitrogens is 1. The molecule has 3 aliphatic rings. The topological polar surface area (TPSA) is 122 Å². The summed E-state index contributed by atoms with van der Waals surface area (Å²) in [5.74, 6) is -0.142. The fourth-order valence-corrected chi connectivity index (χ4v) is 6.26. The lowest BCUT2D eigenvalue weighted by molar-refractivity contribution is -0.128. The van der Waals surface area contributed by atoms with Gasteiger partial charge in [-0.25, -0.2) is 9.82 Å². The van der Waals surface area contributed by atoms with E-state index in [1.54, 1.807) is 24.5 Å². The highest BCUT2D eigenvalue weighted by atomic mass is 19.1. The van der Waals surface area contributed by atoms with Crippen LogP contribution in [0.5, 0.6) is 5.75 Å². The maximum Gasteiger partial charge on any atom is 0.234 e. The largest absolute Gasteiger partial charge is 0.496 e. The van der Waals surface area contributed by atoms with Gasteiger partial charge in [-0.2, -0.15) is 0 Å². The monoisotopic (exact) mass is 510 g/mol. The fraction of sp³-hybridized carbons (Fsp3) is 0.519. The molecule has 10 heteroatoms. The van der Waals surface area contributed by atoms with Gasteiger partial charge in [-0.15, -0.1) is 0 Å². The van der Waals surface area contributed by atoms with Crippen molar-refractivity contribution >= 4 is 11.8 Å². The number of primary amides is 1. The molecule has 5 N–H and O–H groups in total. The summed E-state index contributed by atoms with van der Waals surface area (Å²) in [6.07, 6.45) is 7.26. The van der Waals surface area contributed by atoms with Crippen LogP contribution in [0.4, 0.5) is 4.39 Å². The lowest BCUT2D eigenvalue weighted by Gasteiger charge is -2.39. The first-order valence-electron chi connectivity index (χ1n) is 13.0. The van der Waals surface area contributed by atoms with E-state index in [0.29, 0.717) is 42.7 Å². The lowest BCUT2D eigenvalue weighted by Crippen LogP contribution is -2.56. The molecule has 2 aromatic rings. The van der Waals surface area contributed by atoms with Crippen LogP contribution in [-0.4, -0.2) is 53.5 Å². The van der Waals surface area contributed by atoms with Gasteiger partial charge in [-0.3, -0.25) is 24.9 Å². The van der Waals surface area contributed by atoms with Crippen LogP contribution < -0.4 is 26.6 Å². The van der Waals surface area contributed by atoms with E-state index >= 15 is 0 Å². The van der Waals surface area contributed by atoms with Crippen LogP contribution in [-0.2, 0) is 16.1 Å². The zero-order chi connectivity index (χ0) is 25.9. The third-order valence-electron chi connectivity index (χ3n) is 8.20. The molecule has 1 aromatic heterocycles. The number of nitrogens with one attached hydrogen (secondary N) is 3. The van der Waals surface area contributed by atoms with Crippen molar-refractivity contribution < 1.29 is 18.7 Å². The van der Waals surface area contributed by atoms with Crippen LogP contribution in [0.2, 0.25) is 0 Å². The Kier molecular flexibility index (Phi) is 7.68. The fourth-order valence-electron chi connectivity index (χ4n) is 6.26. The first kappa shape index (κ1) is 25.6. The molecule has 0 spiro atoms. The van der Waals surface area contributed by atoms with E-state index in [-0.39, 0.29) is 30.5 Å². The summed E-state index contributed by atoms with van der Waals surface area (Å²) in [5.41, 5.74) is 14.1. The number of methoxy groups -OCH3 is 1. The Bertz CT molecular complexity index is 1120. The van der Waals surface area contributed by atoms with E-state index in [0.717, 1.165) is 19.3 Å². The molecular formula is C27H35FN6O3. The Hall–Kier alpha value is -3.08. The zero-order valence-electron chi connectivity index (χ0n) is 21.0. The summed E-state index contributed by atoms with van der Waals surface area (Å²) < 4.78 is 20.0. The SMILES string of the molecule is COc1cccc(F)c1CN1C[C@H](NC(=O)C2CCC3NNC(c4ccncc4)C3C2)CC[C@H]1C(N)=O. The van der Waals surface area contributed by atoms with E-state index < -0.39 is 17.8 Å². The van der Waals surface area contributed by atoms with Gasteiger partial charge >= 0.3 is 0 Å². The van der Waals surface area contributed by atoms with Gasteiger partial charge in [0.1, 0.15) is 11.6 Å². The van der Waals surface area contributed by atoms with Gasteiger partial charge in [0, 0.05) is 49.0 Å². The number of ether oxygens (including phenoxy) is 1. The maximum absolute atomic E-state index is 14.6. The Morgan fingerprint density at radius 2 is 1.97 bits per heavy atom. The molecule has 5 rings (SSSR count). The average Bonchev–Trinajstić information content (AvgIpc) is 3.33. The second-order valence-corrected chi connectivity index (χ2v) is 10.4. The predicted molar refractivity (Wildman–Crippen MR) is 135 cm³/mol. The molecule has 9 nitrogen and oxygen atoms in total. The Balaban J connectivity index is 1.24. The van der Waals surface area contributed by atoms with Crippen molar-refractivity contribution in [3.63, 3.8) is 0 Å². The van der Waals surface area contributed by atoms with Crippen LogP contribution in [0.25, 0.3) is 0 Å². The Morgan fingerprint density at radius 1 is 1.16 bits per heavy atom. The van der Waals surface area contributed by atoms with E-state index in [1.807, 2.05) is 17.0 Å². The van der Waals surface area contributed by atoms with Crippen molar-refractivity contribution in [2.24, 2.45) is 17.6 Å². The predicted octanol–water partition coefficient (Wildman–Crippen LogP) is 1.80. The minimum atomic E-state index is -0.523. The number of carbonyl (C=O) groups excluding carboxylic acids is 2. The van der Waals surface area contributed by atoms with Crippen molar-refractivity contribution in [3.8, 4) is 5.75 Å². The summed E-state index contributed by atoms with van der Waals surface area (Å²) in [5, 5.41) is 3.23. The highest BCUT2D eigenvalue weighted by Crippen LogP contribution is 2.40. The standard InChI is InChI=1S/C27H35FN6O3/c1-37-24-4-2-3-21(28)20(24)15-34-14-18(6-8-23(34)26(29)35)31-27(36)17-5-7-22-19(13-17)25(33-32-22)16-9-11-30-12-10-16/h2-4,9-12,17-19,22-23,25,32-33H,5-8,13-15H2,1H3,(H2,29,35)(H,31,36)/t17?,18-,19?,22?,23+,25?/m1/s1. The number of rotatable bonds is 7. The minimum Gasteiger partial charge on any atom is -0.496 e. The number of likely N-dealkylation sites (tertiary alicyclic amines) is 1. The number of carbonyl (C=O) groups is 2. The van der Waals surface area contributed by atoms with Gasteiger partial charge in [-0.05, 0) is 67.9 Å². The van der Waals surface area contributed by atoms with E-state index in [9.17, 15) is 14.0 Å². The van der Waals surface area contributed by atoms with E-state index in [4.69, 9.17) is 10.5 Å². The summed E-state index contributed by atoms with van der Waals surface area (Å²) in [4.78, 5) is 31.5. The number of hydrogen-bond donors (Lipinski definition) is 4. The van der Waals surface area contributed by atoms with Crippen molar-refractivity contribution in [2.75, 3.05) is 13.7 Å². The number of hydrazine groups is 1. The second-order valence-electron chi connectivity index (χ2n) is 10.4. The number of pyridine rings is 1. The zero-order valence-corrected chi connectivity index (χ0v) is 21.0. The normalized spacial score (nSPS) is 29.9. The van der Waals surface area contributed by atoms with Gasteiger partial charge in [0.05, 0.1) is 19.2 Å². The van der Waals surface area contributed by atoms with Crippen molar-refractivity contribution in [2.45, 2.75) is 62.8 Å². The van der Waals surface area contributed by atoms with Crippen LogP contribution in [0.3, 0.4) is 0 Å². The number of benzene rings is 1. The lowest BCUT2D eigenvalue weighted by atomic mass is 9.74. The van der Waals surface area contributed by atoms with Crippen LogP contribution in [0, 0.1) is 17.7 Å². The number of amides is 2. The molecule has 1 aliphatic carbocycles. The third kappa shape index (κ3) is 5.46. The van der Waals surface area contributed by atoms with Crippen molar-refractivity contribution in [1.82, 2.24) is 26.1 Å². The van der Waals surface area contributed by atoms with Crippen molar-refractivity contribution in [1.29, 1.82) is 0 Å². The molecule has 2 aliphatic heterocycles. The molecule has 2 amide bonds. The summed E-state index contributed by atoms with van der Waals surface area (Å²) in [7, 11) is 1.49. The molecule has 2 saturated heterocycles. The highest BCUT2D eigenvalue weighted by molar-refractivity contribution is 5.81. The van der Waals surface area contributed by atoms with E-state index in [1.165, 1.54) is 18.7 Å². The second kappa shape index (κ2) is 11.1. The van der Waals surface area contributed by atoms with E-state index in [2.05, 4.69) is 21.2 Å². The third-order valence-corrected chi connectivity index (χ3v) is 8.20. The van der Waals surface area contributed by atoms with Crippen molar-refractivity contribution in [3.05, 3.63) is 59.7 Å². The maximum atomic E-state index is 14.6. The first-order chi connectivity index (χ1) is 17.9. The van der Waals surface area contributed by atoms with Gasteiger partial charge in [0.2, 0.25) is 11.8 Å². The van der Waals surface area contributed by atoms with Gasteiger partial charge < -0.3 is 15.8 Å². The molecule has 1 aromatic carbocycles. The molecule has 1 saturated carbocycles. The molecule has 3 fully saturated rings. The minimum absolute atomic E-state index is 0.0461. The summed E-state index contributed by atoms with van der Waals surface area (Å²) in [6, 6.07) is 8.50. The van der Waals surface area contributed by atoms with Crippen LogP contribution in [0.1, 0.15) is 49.3 Å². The number of hydrogen-bond acceptors (Lipinski definition) is 7. The molecule has 6 atom stereocenters. The van der Waals surface area contributed by atoms with Crippen LogP contribution >= 0.6 is 0 Å². The summed E-state index contributed by atoms with van der Waals surface area (Å²) >= 11 is 0. The average molecular weight is 511 g/mol. The Labute approximate surface area is 216 Å². The molecule has 198 valence electrons. The molecule has 0 radical (unpaired) electrons. The quantitative estimate of drug-likeness (QED) is 0.448. The number of fused-ring (bicyclic) bond motifs is 1. The Morgan fingerprint density at radius 3 is 2.73 bits per heavy atom. The van der Waals surface area contributed by atoms with Gasteiger partial charge in [0.15, 0.2) is 0 Å². The van der Waals surface area contributed by atoms with Gasteiger partial charge in [-0.1, -0.05) is 6.07 Å². The molecule has 0 bridgehead atoms. The first-order valence-corrected chi connectivity index (χ1v) is 13.0. The molecule has 4 unspecified atom stereocenters. The molecule has 37 heavy (non-hydrogen) atoms. The summed E-state index contributed by atoms with van der Waals surface area (Å²) in [6.45, 7) is 0.590. The number of piperidine rings is 1. The highest BCUT2D eigenvalue weighted by Gasteiger charge is 2.43. The molecule has 3 heterocycles. The number of halogens is 1. The van der Waals surface area contributed by atoms with Crippen LogP contribution in [0.15, 0.2) is 42.7 Å². The smallest absolute Gasteiger partial charge is 0.234 e. The van der Waals surface area contributed by atoms with Gasteiger partial charge in [0.25, 0.3) is 0 Å². The number of nitrogens with two attached hydrogens (primary N) is 1. The number of nitrogens with zero attached hydrogens (tertiary/aromatic N) is 2. The molecular weight excluding hydrogens is 475 g/mol.